The molecule has 1 nitrogen and oxygen atoms in total. The molecule has 4 heteroatoms. The van der Waals surface area contributed by atoms with Gasteiger partial charge in [0.25, 0.3) is 6.79 Å². The fourth-order valence-corrected chi connectivity index (χ4v) is 0. The summed E-state index contributed by atoms with van der Waals surface area (Å²) >= 11 is 0. The van der Waals surface area contributed by atoms with E-state index >= 15 is 0 Å². The third-order valence-electron chi connectivity index (χ3n) is 0. The fourth-order valence-electron chi connectivity index (χ4n) is 0. The van der Waals surface area contributed by atoms with E-state index in [9.17, 15) is 0 Å². The summed E-state index contributed by atoms with van der Waals surface area (Å²) in [6.07, 6.45) is 0. The zero-order chi connectivity index (χ0) is 2.00. The molecule has 0 aromatic carbocycles. The van der Waals surface area contributed by atoms with Gasteiger partial charge >= 0.3 is 16.8 Å². The molecule has 0 atom stereocenters. The second-order valence-corrected chi connectivity index (χ2v) is 0. The Bertz CT molecular complexity index is 9.61. The average molecular weight is 125 g/mol. The Morgan fingerprint density at radius 1 is 1.00 bits per heavy atom. The molecule has 0 saturated heterocycles. The van der Waals surface area contributed by atoms with E-state index in [0.717, 1.165) is 0 Å². The van der Waals surface area contributed by atoms with Crippen molar-refractivity contribution in [1.29, 1.82) is 0 Å². The fraction of sp³-hybridized carbons (Fsp3) is 0. The van der Waals surface area contributed by atoms with Crippen LogP contribution in [0, 0.1) is 0 Å². The van der Waals surface area contributed by atoms with Crippen LogP contribution < -0.4 is 9.41 Å². The van der Waals surface area contributed by atoms with Gasteiger partial charge in [-0.2, -0.15) is 0 Å². The molecule has 0 aromatic rings. The van der Waals surface area contributed by atoms with Gasteiger partial charge in [-0.05, 0) is 0 Å². The second-order valence-electron chi connectivity index (χ2n) is 0. The number of halogens is 2. The predicted octanol–water partition coefficient (Wildman–Crippen LogP) is -6.39. The first-order valence-electron chi connectivity index (χ1n) is 0.204. The average Bonchev–Trinajstić information content (AvgIpc) is 1.00. The van der Waals surface area contributed by atoms with Gasteiger partial charge in [-0.3, -0.25) is 4.79 Å². The minimum Gasteiger partial charge on any atom is -1.00 e. The first kappa shape index (κ1) is 76.4. The molecule has 0 heterocycles. The Morgan fingerprint density at radius 2 is 1.00 bits per heavy atom. The number of carbonyl (C=O) groups excluding carboxylic acids is 1. The van der Waals surface area contributed by atoms with E-state index in [4.69, 9.17) is 4.79 Å². The molecule has 0 N–H and O–H groups in total. The summed E-state index contributed by atoms with van der Waals surface area (Å²) in [5.41, 5.74) is 0. The standard InChI is InChI=1S/CO.Co.2FH/c1-2;;;/h;;2*1H/q;+2;;/p-2. The molecular formula is CCoF2O. The van der Waals surface area contributed by atoms with Crippen LogP contribution in [0.25, 0.3) is 0 Å². The number of rotatable bonds is 0. The minimum absolute atomic E-state index is 0. The molecule has 5 heavy (non-hydrogen) atoms. The maximum atomic E-state index is 7.50. The van der Waals surface area contributed by atoms with E-state index in [1.807, 2.05) is 0 Å². The Hall–Kier alpha value is 0.0365. The second kappa shape index (κ2) is 27900. The summed E-state index contributed by atoms with van der Waals surface area (Å²) < 4.78 is 0. The molecule has 0 aliphatic carbocycles. The van der Waals surface area contributed by atoms with Gasteiger partial charge in [0, 0.05) is 0 Å². The van der Waals surface area contributed by atoms with Crippen molar-refractivity contribution in [3.8, 4) is 0 Å². The van der Waals surface area contributed by atoms with Crippen LogP contribution in [0.1, 0.15) is 0 Å². The molecule has 0 unspecified atom stereocenters. The van der Waals surface area contributed by atoms with Gasteiger partial charge in [0.1, 0.15) is 0 Å². The van der Waals surface area contributed by atoms with Crippen LogP contribution in [0.4, 0.5) is 0 Å². The van der Waals surface area contributed by atoms with Crippen LogP contribution in [-0.2, 0) is 21.6 Å². The van der Waals surface area contributed by atoms with Gasteiger partial charge in [0.15, 0.2) is 0 Å². The van der Waals surface area contributed by atoms with Crippen LogP contribution >= 0.6 is 0 Å². The van der Waals surface area contributed by atoms with E-state index in [-0.39, 0.29) is 26.2 Å². The summed E-state index contributed by atoms with van der Waals surface area (Å²) in [6, 6.07) is 0. The molecule has 0 saturated carbocycles. The molecule has 0 bridgehead atoms. The quantitative estimate of drug-likeness (QED) is 0.314. The van der Waals surface area contributed by atoms with Crippen LogP contribution in [0.5, 0.6) is 0 Å². The van der Waals surface area contributed by atoms with Gasteiger partial charge in [0.2, 0.25) is 0 Å². The maximum absolute atomic E-state index is 7.50. The molecule has 0 aliphatic rings. The van der Waals surface area contributed by atoms with Gasteiger partial charge in [-0.15, -0.1) is 0 Å². The van der Waals surface area contributed by atoms with Crippen molar-refractivity contribution in [3.63, 3.8) is 0 Å². The van der Waals surface area contributed by atoms with Gasteiger partial charge < -0.3 is 9.41 Å². The van der Waals surface area contributed by atoms with E-state index in [2.05, 4.69) is 6.79 Å². The Balaban J connectivity index is -0.00000000167. The SMILES string of the molecule is [C]=O.[Co+2].[F-].[F-]. The van der Waals surface area contributed by atoms with Crippen molar-refractivity contribution < 1.29 is 31.0 Å². The monoisotopic (exact) mass is 125 g/mol. The molecule has 0 amide bonds. The van der Waals surface area contributed by atoms with Gasteiger partial charge in [-0.25, -0.2) is 0 Å². The Kier molecular flexibility index (Phi) is 427000. The molecule has 0 rings (SSSR count). The summed E-state index contributed by atoms with van der Waals surface area (Å²) in [7, 11) is 0. The van der Waals surface area contributed by atoms with Crippen molar-refractivity contribution in [3.05, 3.63) is 0 Å². The van der Waals surface area contributed by atoms with Crippen LogP contribution in [0.3, 0.4) is 0 Å². The van der Waals surface area contributed by atoms with E-state index < -0.39 is 0 Å². The molecule has 0 fully saturated rings. The zero-order valence-electron chi connectivity index (χ0n) is 2.00. The molecule has 0 aliphatic heterocycles. The van der Waals surface area contributed by atoms with E-state index in [0.29, 0.717) is 0 Å². The van der Waals surface area contributed by atoms with E-state index in [1.165, 1.54) is 0 Å². The van der Waals surface area contributed by atoms with Gasteiger partial charge in [0.05, 0.1) is 0 Å². The summed E-state index contributed by atoms with van der Waals surface area (Å²) in [4.78, 5) is 7.50. The van der Waals surface area contributed by atoms with Crippen molar-refractivity contribution >= 4 is 6.79 Å². The van der Waals surface area contributed by atoms with Crippen molar-refractivity contribution in [1.82, 2.24) is 0 Å². The topological polar surface area (TPSA) is 17.1 Å². The van der Waals surface area contributed by atoms with E-state index in [1.54, 1.807) is 0 Å². The number of hydrogen-bond donors (Lipinski definition) is 0. The van der Waals surface area contributed by atoms with Crippen LogP contribution in [0.15, 0.2) is 0 Å². The molecular weight excluding hydrogens is 125 g/mol. The summed E-state index contributed by atoms with van der Waals surface area (Å²) in [6.45, 7) is 4.50. The van der Waals surface area contributed by atoms with Crippen molar-refractivity contribution in [2.24, 2.45) is 0 Å². The molecule has 0 aromatic heterocycles. The van der Waals surface area contributed by atoms with Crippen LogP contribution in [0.2, 0.25) is 0 Å². The first-order chi connectivity index (χ1) is 1.00. The Labute approximate surface area is 38.7 Å². The first-order valence-corrected chi connectivity index (χ1v) is 0.204. The van der Waals surface area contributed by atoms with Crippen molar-refractivity contribution in [2.45, 2.75) is 0 Å². The van der Waals surface area contributed by atoms with Crippen LogP contribution in [-0.4, -0.2) is 6.79 Å². The molecule has 3 radical (unpaired) electrons. The molecule has 0 spiro atoms. The predicted molar refractivity (Wildman–Crippen MR) is 5.69 cm³/mol. The summed E-state index contributed by atoms with van der Waals surface area (Å²) in [5, 5.41) is 0. The zero-order valence-corrected chi connectivity index (χ0v) is 3.04. The third kappa shape index (κ3) is 12600. The normalized spacial score (nSPS) is 0.800. The largest absolute Gasteiger partial charge is 2.00 e. The van der Waals surface area contributed by atoms with Crippen molar-refractivity contribution in [2.75, 3.05) is 0 Å². The van der Waals surface area contributed by atoms with Gasteiger partial charge in [-0.1, -0.05) is 0 Å². The number of hydrogen-bond acceptors (Lipinski definition) is 1. The third-order valence-corrected chi connectivity index (χ3v) is 0. The maximum Gasteiger partial charge on any atom is 2.00 e. The minimum atomic E-state index is 0. The smallest absolute Gasteiger partial charge is 1.00 e. The Morgan fingerprint density at radius 3 is 1.00 bits per heavy atom. The summed E-state index contributed by atoms with van der Waals surface area (Å²) in [5.74, 6) is 0. The molecule has 33 valence electrons.